The lowest BCUT2D eigenvalue weighted by molar-refractivity contribution is 0.0702. The quantitative estimate of drug-likeness (QED) is 0.890. The summed E-state index contributed by atoms with van der Waals surface area (Å²) in [5, 5.41) is 10.5. The Labute approximate surface area is 110 Å². The van der Waals surface area contributed by atoms with Gasteiger partial charge in [-0.1, -0.05) is 26.0 Å². The summed E-state index contributed by atoms with van der Waals surface area (Å²) in [5.74, 6) is 0.840. The molecule has 4 heteroatoms. The number of aromatic carboxylic acids is 1. The maximum Gasteiger partial charge on any atom is 0.346 e. The van der Waals surface area contributed by atoms with Gasteiger partial charge in [0.15, 0.2) is 0 Å². The van der Waals surface area contributed by atoms with Gasteiger partial charge >= 0.3 is 5.97 Å². The van der Waals surface area contributed by atoms with Gasteiger partial charge in [0.2, 0.25) is 0 Å². The Bertz CT molecular complexity index is 540. The molecule has 0 aliphatic rings. The van der Waals surface area contributed by atoms with Crippen molar-refractivity contribution in [3.8, 4) is 11.5 Å². The summed E-state index contributed by atoms with van der Waals surface area (Å²) in [7, 11) is 0. The summed E-state index contributed by atoms with van der Waals surface area (Å²) in [4.78, 5) is 11.0. The van der Waals surface area contributed by atoms with Crippen molar-refractivity contribution < 1.29 is 14.6 Å². The average molecular weight is 262 g/mol. The van der Waals surface area contributed by atoms with E-state index >= 15 is 0 Å². The second kappa shape index (κ2) is 5.23. The zero-order valence-electron chi connectivity index (χ0n) is 10.2. The number of rotatable bonds is 4. The molecule has 94 valence electrons. The standard InChI is InChI=1S/C14H14O3S/c1-9(2)10-3-5-11(6-4-10)17-12-7-13(14(15)16)18-8-12/h3-9H,1-2H3,(H,15,16). The first-order chi connectivity index (χ1) is 8.56. The molecule has 2 aromatic rings. The maximum absolute atomic E-state index is 10.7. The summed E-state index contributed by atoms with van der Waals surface area (Å²) in [6, 6.07) is 9.36. The Balaban J connectivity index is 2.10. The van der Waals surface area contributed by atoms with Crippen molar-refractivity contribution in [2.45, 2.75) is 19.8 Å². The fraction of sp³-hybridized carbons (Fsp3) is 0.214. The topological polar surface area (TPSA) is 46.5 Å². The molecule has 0 bridgehead atoms. The Morgan fingerprint density at radius 1 is 1.22 bits per heavy atom. The van der Waals surface area contributed by atoms with Gasteiger partial charge in [0.05, 0.1) is 0 Å². The molecule has 0 amide bonds. The zero-order chi connectivity index (χ0) is 13.1. The van der Waals surface area contributed by atoms with E-state index in [0.717, 1.165) is 11.3 Å². The van der Waals surface area contributed by atoms with Crippen LogP contribution in [0.15, 0.2) is 35.7 Å². The van der Waals surface area contributed by atoms with Crippen molar-refractivity contribution in [2.24, 2.45) is 0 Å². The number of carboxylic acids is 1. The van der Waals surface area contributed by atoms with Crippen LogP contribution >= 0.6 is 11.3 Å². The molecule has 0 atom stereocenters. The molecule has 1 N–H and O–H groups in total. The molecule has 0 unspecified atom stereocenters. The summed E-state index contributed by atoms with van der Waals surface area (Å²) in [5.41, 5.74) is 1.25. The molecule has 0 aliphatic heterocycles. The predicted octanol–water partition coefficient (Wildman–Crippen LogP) is 4.36. The van der Waals surface area contributed by atoms with Gasteiger partial charge in [0.1, 0.15) is 16.4 Å². The maximum atomic E-state index is 10.7. The minimum Gasteiger partial charge on any atom is -0.477 e. The monoisotopic (exact) mass is 262 g/mol. The molecule has 1 aromatic carbocycles. The largest absolute Gasteiger partial charge is 0.477 e. The number of hydrogen-bond acceptors (Lipinski definition) is 3. The molecular weight excluding hydrogens is 248 g/mol. The van der Waals surface area contributed by atoms with E-state index in [2.05, 4.69) is 13.8 Å². The second-order valence-electron chi connectivity index (χ2n) is 4.28. The van der Waals surface area contributed by atoms with Crippen LogP contribution in [0, 0.1) is 0 Å². The molecule has 1 aromatic heterocycles. The highest BCUT2D eigenvalue weighted by atomic mass is 32.1. The molecule has 0 saturated carbocycles. The number of ether oxygens (including phenoxy) is 1. The van der Waals surface area contributed by atoms with Gasteiger partial charge in [-0.15, -0.1) is 11.3 Å². The van der Waals surface area contributed by atoms with Crippen molar-refractivity contribution in [1.29, 1.82) is 0 Å². The van der Waals surface area contributed by atoms with E-state index in [0.29, 0.717) is 17.4 Å². The normalized spacial score (nSPS) is 10.6. The lowest BCUT2D eigenvalue weighted by Gasteiger charge is -2.07. The van der Waals surface area contributed by atoms with Crippen molar-refractivity contribution in [3.05, 3.63) is 46.2 Å². The van der Waals surface area contributed by atoms with Gasteiger partial charge in [-0.25, -0.2) is 4.79 Å². The van der Waals surface area contributed by atoms with E-state index in [9.17, 15) is 4.79 Å². The molecule has 18 heavy (non-hydrogen) atoms. The lowest BCUT2D eigenvalue weighted by atomic mass is 10.0. The van der Waals surface area contributed by atoms with Gasteiger partial charge in [0, 0.05) is 11.4 Å². The van der Waals surface area contributed by atoms with Crippen LogP contribution in [0.3, 0.4) is 0 Å². The number of hydrogen-bond donors (Lipinski definition) is 1. The minimum atomic E-state index is -0.926. The van der Waals surface area contributed by atoms with Crippen LogP contribution in [-0.4, -0.2) is 11.1 Å². The smallest absolute Gasteiger partial charge is 0.346 e. The van der Waals surface area contributed by atoms with Crippen molar-refractivity contribution in [1.82, 2.24) is 0 Å². The zero-order valence-corrected chi connectivity index (χ0v) is 11.0. The number of thiophene rings is 1. The highest BCUT2D eigenvalue weighted by molar-refractivity contribution is 7.12. The SMILES string of the molecule is CC(C)c1ccc(Oc2csc(C(=O)O)c2)cc1. The van der Waals surface area contributed by atoms with Crippen LogP contribution in [-0.2, 0) is 0 Å². The molecule has 0 saturated heterocycles. The minimum absolute atomic E-state index is 0.281. The Morgan fingerprint density at radius 3 is 2.39 bits per heavy atom. The number of benzene rings is 1. The fourth-order valence-electron chi connectivity index (χ4n) is 1.54. The van der Waals surface area contributed by atoms with Crippen LogP contribution in [0.4, 0.5) is 0 Å². The first kappa shape index (κ1) is 12.6. The van der Waals surface area contributed by atoms with Crippen LogP contribution in [0.1, 0.15) is 35.0 Å². The first-order valence-corrected chi connectivity index (χ1v) is 6.54. The first-order valence-electron chi connectivity index (χ1n) is 5.66. The van der Waals surface area contributed by atoms with Crippen LogP contribution in [0.2, 0.25) is 0 Å². The van der Waals surface area contributed by atoms with Crippen LogP contribution < -0.4 is 4.74 Å². The molecule has 0 spiro atoms. The Hall–Kier alpha value is -1.81. The predicted molar refractivity (Wildman–Crippen MR) is 71.9 cm³/mol. The van der Waals surface area contributed by atoms with Crippen molar-refractivity contribution in [2.75, 3.05) is 0 Å². The van der Waals surface area contributed by atoms with Crippen molar-refractivity contribution >= 4 is 17.3 Å². The highest BCUT2D eigenvalue weighted by Crippen LogP contribution is 2.28. The van der Waals surface area contributed by atoms with Crippen LogP contribution in [0.5, 0.6) is 11.5 Å². The van der Waals surface area contributed by atoms with Gasteiger partial charge in [-0.05, 0) is 23.6 Å². The lowest BCUT2D eigenvalue weighted by Crippen LogP contribution is -1.90. The summed E-state index contributed by atoms with van der Waals surface area (Å²) in [6.45, 7) is 4.27. The van der Waals surface area contributed by atoms with Crippen molar-refractivity contribution in [3.63, 3.8) is 0 Å². The van der Waals surface area contributed by atoms with Gasteiger partial charge < -0.3 is 9.84 Å². The average Bonchev–Trinajstić information content (AvgIpc) is 2.78. The molecule has 2 rings (SSSR count). The Morgan fingerprint density at radius 2 is 1.89 bits per heavy atom. The molecule has 0 radical (unpaired) electrons. The summed E-state index contributed by atoms with van der Waals surface area (Å²) < 4.78 is 5.59. The number of carbonyl (C=O) groups is 1. The third-order valence-corrected chi connectivity index (χ3v) is 3.47. The third kappa shape index (κ3) is 2.90. The van der Waals surface area contributed by atoms with E-state index in [-0.39, 0.29) is 4.88 Å². The van der Waals surface area contributed by atoms with E-state index < -0.39 is 5.97 Å². The van der Waals surface area contributed by atoms with Gasteiger partial charge in [-0.3, -0.25) is 0 Å². The molecule has 1 heterocycles. The Kier molecular flexibility index (Phi) is 3.67. The van der Waals surface area contributed by atoms with Crippen LogP contribution in [0.25, 0.3) is 0 Å². The van der Waals surface area contributed by atoms with Gasteiger partial charge in [0.25, 0.3) is 0 Å². The fourth-order valence-corrected chi connectivity index (χ4v) is 2.19. The van der Waals surface area contributed by atoms with E-state index in [4.69, 9.17) is 9.84 Å². The van der Waals surface area contributed by atoms with E-state index in [1.165, 1.54) is 11.6 Å². The summed E-state index contributed by atoms with van der Waals surface area (Å²) >= 11 is 1.16. The molecule has 0 fully saturated rings. The highest BCUT2D eigenvalue weighted by Gasteiger charge is 2.08. The molecule has 3 nitrogen and oxygen atoms in total. The second-order valence-corrected chi connectivity index (χ2v) is 5.19. The summed E-state index contributed by atoms with van der Waals surface area (Å²) in [6.07, 6.45) is 0. The third-order valence-electron chi connectivity index (χ3n) is 2.57. The molecule has 0 aliphatic carbocycles. The molecular formula is C14H14O3S. The number of carboxylic acid groups (broad SMARTS) is 1. The van der Waals surface area contributed by atoms with E-state index in [1.54, 1.807) is 5.38 Å². The van der Waals surface area contributed by atoms with Gasteiger partial charge in [-0.2, -0.15) is 0 Å². The van der Waals surface area contributed by atoms with E-state index in [1.807, 2.05) is 24.3 Å².